The smallest absolute Gasteiger partial charge is 0.0936 e. The normalized spacial score (nSPS) is 12.6. The molecule has 2 heterocycles. The van der Waals surface area contributed by atoms with Gasteiger partial charge >= 0.3 is 0 Å². The Hall–Kier alpha value is -1.39. The molecule has 4 heteroatoms. The lowest BCUT2D eigenvalue weighted by Crippen LogP contribution is -2.05. The molecule has 0 aliphatic heterocycles. The zero-order valence-corrected chi connectivity index (χ0v) is 13.8. The molecule has 0 saturated heterocycles. The van der Waals surface area contributed by atoms with Gasteiger partial charge < -0.3 is 5.32 Å². The minimum atomic E-state index is 0.263. The van der Waals surface area contributed by atoms with Crippen LogP contribution in [0.5, 0.6) is 0 Å². The van der Waals surface area contributed by atoms with E-state index < -0.39 is 0 Å². The van der Waals surface area contributed by atoms with Crippen molar-refractivity contribution in [1.82, 2.24) is 4.98 Å². The van der Waals surface area contributed by atoms with Crippen molar-refractivity contribution in [2.24, 2.45) is 0 Å². The second-order valence-corrected chi connectivity index (χ2v) is 6.72. The van der Waals surface area contributed by atoms with Crippen LogP contribution in [0.25, 0.3) is 10.9 Å². The molecule has 0 aliphatic rings. The average molecular weight is 347 g/mol. The first kappa shape index (κ1) is 13.6. The highest BCUT2D eigenvalue weighted by molar-refractivity contribution is 9.10. The summed E-state index contributed by atoms with van der Waals surface area (Å²) in [5, 5.41) is 6.85. The van der Waals surface area contributed by atoms with Gasteiger partial charge in [0.15, 0.2) is 0 Å². The molecule has 0 amide bonds. The van der Waals surface area contributed by atoms with Crippen LogP contribution in [0.3, 0.4) is 0 Å². The summed E-state index contributed by atoms with van der Waals surface area (Å²) in [6.45, 7) is 4.20. The zero-order valence-electron chi connectivity index (χ0n) is 11.4. The van der Waals surface area contributed by atoms with Crippen molar-refractivity contribution < 1.29 is 0 Å². The Morgan fingerprint density at radius 3 is 2.85 bits per heavy atom. The Bertz CT molecular complexity index is 751. The second kappa shape index (κ2) is 5.54. The molecule has 2 aromatic heterocycles. The third-order valence-corrected chi connectivity index (χ3v) is 5.12. The number of halogens is 1. The lowest BCUT2D eigenvalue weighted by Gasteiger charge is -2.15. The molecule has 1 N–H and O–H groups in total. The zero-order chi connectivity index (χ0) is 14.1. The highest BCUT2D eigenvalue weighted by atomic mass is 79.9. The first-order valence-electron chi connectivity index (χ1n) is 6.50. The van der Waals surface area contributed by atoms with Crippen molar-refractivity contribution in [2.45, 2.75) is 19.9 Å². The second-order valence-electron chi connectivity index (χ2n) is 4.86. The number of anilines is 1. The predicted molar refractivity (Wildman–Crippen MR) is 90.5 cm³/mol. The van der Waals surface area contributed by atoms with Crippen LogP contribution in [0.4, 0.5) is 5.69 Å². The fraction of sp³-hybridized carbons (Fsp3) is 0.188. The van der Waals surface area contributed by atoms with E-state index in [0.29, 0.717) is 0 Å². The van der Waals surface area contributed by atoms with Gasteiger partial charge in [0, 0.05) is 25.8 Å². The first-order valence-corrected chi connectivity index (χ1v) is 8.17. The van der Waals surface area contributed by atoms with Crippen LogP contribution in [0.2, 0.25) is 0 Å². The number of aryl methyl sites for hydroxylation is 1. The number of pyridine rings is 1. The lowest BCUT2D eigenvalue weighted by atomic mass is 10.1. The molecule has 1 aromatic carbocycles. The molecule has 0 fully saturated rings. The number of nitrogens with one attached hydrogen (secondary N) is 1. The third kappa shape index (κ3) is 2.72. The van der Waals surface area contributed by atoms with E-state index in [-0.39, 0.29) is 6.04 Å². The van der Waals surface area contributed by atoms with Crippen LogP contribution in [0, 0.1) is 6.92 Å². The largest absolute Gasteiger partial charge is 0.376 e. The summed E-state index contributed by atoms with van der Waals surface area (Å²) in [6, 6.07) is 12.8. The molecule has 0 aliphatic carbocycles. The monoisotopic (exact) mass is 346 g/mol. The van der Waals surface area contributed by atoms with Gasteiger partial charge in [-0.25, -0.2) is 0 Å². The van der Waals surface area contributed by atoms with E-state index >= 15 is 0 Å². The lowest BCUT2D eigenvalue weighted by molar-refractivity contribution is 0.909. The molecule has 102 valence electrons. The molecule has 0 radical (unpaired) electrons. The minimum Gasteiger partial charge on any atom is -0.376 e. The number of aromatic nitrogens is 1. The summed E-state index contributed by atoms with van der Waals surface area (Å²) in [6.07, 6.45) is 0. The summed E-state index contributed by atoms with van der Waals surface area (Å²) in [7, 11) is 0. The molecule has 0 spiro atoms. The number of rotatable bonds is 3. The van der Waals surface area contributed by atoms with E-state index in [1.807, 2.05) is 13.0 Å². The fourth-order valence-corrected chi connectivity index (χ4v) is 3.67. The topological polar surface area (TPSA) is 24.9 Å². The molecule has 3 rings (SSSR count). The van der Waals surface area contributed by atoms with E-state index in [4.69, 9.17) is 0 Å². The van der Waals surface area contributed by atoms with Gasteiger partial charge in [0.2, 0.25) is 0 Å². The SMILES string of the molecule is Cc1ccc2cccc(NC(C)c3cc(Br)cs3)c2n1. The number of para-hydroxylation sites is 1. The van der Waals surface area contributed by atoms with E-state index in [0.717, 1.165) is 21.4 Å². The van der Waals surface area contributed by atoms with Crippen LogP contribution in [0.15, 0.2) is 46.3 Å². The standard InChI is InChI=1S/C16H15BrN2S/c1-10-6-7-12-4-3-5-14(16(12)18-10)19-11(2)15-8-13(17)9-20-15/h3-9,11,19H,1-2H3. The van der Waals surface area contributed by atoms with Crippen molar-refractivity contribution >= 4 is 43.9 Å². The molecule has 0 saturated carbocycles. The molecule has 2 nitrogen and oxygen atoms in total. The van der Waals surface area contributed by atoms with E-state index in [9.17, 15) is 0 Å². The van der Waals surface area contributed by atoms with Gasteiger partial charge in [-0.3, -0.25) is 4.98 Å². The first-order chi connectivity index (χ1) is 9.63. The van der Waals surface area contributed by atoms with E-state index in [1.165, 1.54) is 10.3 Å². The highest BCUT2D eigenvalue weighted by Gasteiger charge is 2.10. The molecule has 3 aromatic rings. The third-order valence-electron chi connectivity index (χ3n) is 3.25. The summed E-state index contributed by atoms with van der Waals surface area (Å²) in [5.74, 6) is 0. The summed E-state index contributed by atoms with van der Waals surface area (Å²) >= 11 is 5.26. The Morgan fingerprint density at radius 2 is 2.10 bits per heavy atom. The number of hydrogen-bond acceptors (Lipinski definition) is 3. The van der Waals surface area contributed by atoms with Crippen LogP contribution in [-0.2, 0) is 0 Å². The van der Waals surface area contributed by atoms with Crippen molar-refractivity contribution in [3.05, 3.63) is 56.8 Å². The Morgan fingerprint density at radius 1 is 1.25 bits per heavy atom. The molecule has 0 bridgehead atoms. The van der Waals surface area contributed by atoms with Crippen molar-refractivity contribution in [2.75, 3.05) is 5.32 Å². The maximum atomic E-state index is 4.66. The molecular weight excluding hydrogens is 332 g/mol. The number of nitrogens with zero attached hydrogens (tertiary/aromatic N) is 1. The van der Waals surface area contributed by atoms with Gasteiger partial charge in [0.1, 0.15) is 0 Å². The Balaban J connectivity index is 1.96. The van der Waals surface area contributed by atoms with Crippen LogP contribution < -0.4 is 5.32 Å². The maximum Gasteiger partial charge on any atom is 0.0936 e. The molecule has 1 unspecified atom stereocenters. The number of thiophene rings is 1. The number of benzene rings is 1. The summed E-state index contributed by atoms with van der Waals surface area (Å²) in [5.41, 5.74) is 3.16. The van der Waals surface area contributed by atoms with Gasteiger partial charge in [-0.1, -0.05) is 18.2 Å². The highest BCUT2D eigenvalue weighted by Crippen LogP contribution is 2.30. The van der Waals surface area contributed by atoms with Crippen LogP contribution >= 0.6 is 27.3 Å². The quantitative estimate of drug-likeness (QED) is 0.673. The molecule has 20 heavy (non-hydrogen) atoms. The predicted octanol–water partition coefficient (Wildman–Crippen LogP) is 5.54. The van der Waals surface area contributed by atoms with E-state index in [1.54, 1.807) is 11.3 Å². The van der Waals surface area contributed by atoms with Gasteiger partial charge in [0.05, 0.1) is 17.2 Å². The van der Waals surface area contributed by atoms with Gasteiger partial charge in [0.25, 0.3) is 0 Å². The van der Waals surface area contributed by atoms with Crippen molar-refractivity contribution in [3.63, 3.8) is 0 Å². The Labute approximate surface area is 131 Å². The summed E-state index contributed by atoms with van der Waals surface area (Å²) in [4.78, 5) is 5.97. The fourth-order valence-electron chi connectivity index (χ4n) is 2.22. The van der Waals surface area contributed by atoms with Crippen LogP contribution in [-0.4, -0.2) is 4.98 Å². The van der Waals surface area contributed by atoms with Crippen molar-refractivity contribution in [3.8, 4) is 0 Å². The van der Waals surface area contributed by atoms with Gasteiger partial charge in [-0.15, -0.1) is 11.3 Å². The van der Waals surface area contributed by atoms with E-state index in [2.05, 4.69) is 68.9 Å². The summed E-state index contributed by atoms with van der Waals surface area (Å²) < 4.78 is 1.14. The number of fused-ring (bicyclic) bond motifs is 1. The minimum absolute atomic E-state index is 0.263. The van der Waals surface area contributed by atoms with Gasteiger partial charge in [-0.2, -0.15) is 0 Å². The molecule has 1 atom stereocenters. The number of hydrogen-bond donors (Lipinski definition) is 1. The van der Waals surface area contributed by atoms with Crippen molar-refractivity contribution in [1.29, 1.82) is 0 Å². The van der Waals surface area contributed by atoms with Crippen LogP contribution in [0.1, 0.15) is 23.5 Å². The molecular formula is C16H15BrN2S. The Kier molecular flexibility index (Phi) is 3.76. The van der Waals surface area contributed by atoms with Gasteiger partial charge in [-0.05, 0) is 48.0 Å². The maximum absolute atomic E-state index is 4.66. The average Bonchev–Trinajstić information content (AvgIpc) is 2.86.